The largest absolute Gasteiger partial charge is 0.344 e. The second-order valence-corrected chi connectivity index (χ2v) is 6.33. The maximum absolute atomic E-state index is 12.6. The Morgan fingerprint density at radius 2 is 2.11 bits per heavy atom. The van der Waals surface area contributed by atoms with Crippen LogP contribution in [0, 0.1) is 5.92 Å². The second-order valence-electron chi connectivity index (χ2n) is 5.34. The van der Waals surface area contributed by atoms with Gasteiger partial charge < -0.3 is 10.2 Å². The number of amides is 2. The lowest BCUT2D eigenvalue weighted by Crippen LogP contribution is -2.50. The number of hydrogen-bond acceptors (Lipinski definition) is 3. The molecule has 1 heterocycles. The van der Waals surface area contributed by atoms with Crippen LogP contribution in [0.4, 0.5) is 0 Å². The van der Waals surface area contributed by atoms with Crippen molar-refractivity contribution in [2.24, 2.45) is 5.92 Å². The van der Waals surface area contributed by atoms with Gasteiger partial charge in [-0.05, 0) is 31.3 Å². The standard InChI is InChI=1S/C14H26N2O2S/c1-5-10(2)13-14(18)16(8-6-12(17)15-13)11(3)7-9-19-4/h10-11,13H,5-9H2,1-4H3,(H,15,17). The molecule has 2 amide bonds. The van der Waals surface area contributed by atoms with E-state index in [9.17, 15) is 9.59 Å². The molecule has 1 saturated heterocycles. The lowest BCUT2D eigenvalue weighted by atomic mass is 9.97. The topological polar surface area (TPSA) is 49.4 Å². The average Bonchev–Trinajstić information content (AvgIpc) is 2.55. The lowest BCUT2D eigenvalue weighted by Gasteiger charge is -2.31. The molecule has 3 atom stereocenters. The molecule has 0 saturated carbocycles. The molecule has 1 aliphatic rings. The molecular formula is C14H26N2O2S. The molecule has 0 aromatic rings. The van der Waals surface area contributed by atoms with E-state index in [0.29, 0.717) is 13.0 Å². The van der Waals surface area contributed by atoms with E-state index < -0.39 is 0 Å². The summed E-state index contributed by atoms with van der Waals surface area (Å²) in [7, 11) is 0. The molecule has 110 valence electrons. The number of rotatable bonds is 6. The minimum atomic E-state index is -0.350. The van der Waals surface area contributed by atoms with E-state index in [1.54, 1.807) is 11.8 Å². The van der Waals surface area contributed by atoms with E-state index in [1.807, 2.05) is 11.8 Å². The molecule has 1 rings (SSSR count). The van der Waals surface area contributed by atoms with Gasteiger partial charge in [0.05, 0.1) is 0 Å². The van der Waals surface area contributed by atoms with Crippen LogP contribution < -0.4 is 5.32 Å². The van der Waals surface area contributed by atoms with Crippen LogP contribution in [0.15, 0.2) is 0 Å². The summed E-state index contributed by atoms with van der Waals surface area (Å²) in [5, 5.41) is 2.88. The molecule has 5 heteroatoms. The third kappa shape index (κ3) is 4.41. The first kappa shape index (κ1) is 16.3. The molecule has 0 aliphatic carbocycles. The van der Waals surface area contributed by atoms with E-state index in [0.717, 1.165) is 18.6 Å². The van der Waals surface area contributed by atoms with Gasteiger partial charge in [0.25, 0.3) is 0 Å². The smallest absolute Gasteiger partial charge is 0.245 e. The summed E-state index contributed by atoms with van der Waals surface area (Å²) in [6.07, 6.45) is 4.37. The zero-order chi connectivity index (χ0) is 14.4. The van der Waals surface area contributed by atoms with Crippen molar-refractivity contribution in [1.82, 2.24) is 10.2 Å². The SMILES string of the molecule is CCC(C)C1NC(=O)CCN(C(C)CCSC)C1=O. The highest BCUT2D eigenvalue weighted by molar-refractivity contribution is 7.98. The number of nitrogens with zero attached hydrogens (tertiary/aromatic N) is 1. The first-order chi connectivity index (χ1) is 9.01. The summed E-state index contributed by atoms with van der Waals surface area (Å²) in [6, 6.07) is -0.143. The molecule has 1 N–H and O–H groups in total. The Hall–Kier alpha value is -0.710. The first-order valence-electron chi connectivity index (χ1n) is 7.10. The predicted molar refractivity (Wildman–Crippen MR) is 80.2 cm³/mol. The number of hydrogen-bond donors (Lipinski definition) is 1. The minimum absolute atomic E-state index is 0.00165. The van der Waals surface area contributed by atoms with Crippen molar-refractivity contribution in [1.29, 1.82) is 0 Å². The Balaban J connectivity index is 2.80. The molecule has 0 aromatic carbocycles. The molecule has 0 bridgehead atoms. The molecule has 0 spiro atoms. The van der Waals surface area contributed by atoms with Crippen molar-refractivity contribution in [3.8, 4) is 0 Å². The van der Waals surface area contributed by atoms with Gasteiger partial charge in [-0.3, -0.25) is 9.59 Å². The second kappa shape index (κ2) is 7.78. The van der Waals surface area contributed by atoms with Crippen LogP contribution in [0.2, 0.25) is 0 Å². The lowest BCUT2D eigenvalue weighted by molar-refractivity contribution is -0.136. The molecular weight excluding hydrogens is 260 g/mol. The summed E-state index contributed by atoms with van der Waals surface area (Å²) in [5.74, 6) is 1.32. The molecule has 4 nitrogen and oxygen atoms in total. The molecule has 19 heavy (non-hydrogen) atoms. The third-order valence-electron chi connectivity index (χ3n) is 3.93. The molecule has 0 aromatic heterocycles. The number of nitrogens with one attached hydrogen (secondary N) is 1. The zero-order valence-electron chi connectivity index (χ0n) is 12.4. The number of carbonyl (C=O) groups excluding carboxylic acids is 2. The summed E-state index contributed by atoms with van der Waals surface area (Å²) in [6.45, 7) is 6.71. The average molecular weight is 286 g/mol. The summed E-state index contributed by atoms with van der Waals surface area (Å²) >= 11 is 1.79. The molecule has 0 radical (unpaired) electrons. The van der Waals surface area contributed by atoms with E-state index in [4.69, 9.17) is 0 Å². The van der Waals surface area contributed by atoms with E-state index in [1.165, 1.54) is 0 Å². The van der Waals surface area contributed by atoms with Crippen molar-refractivity contribution in [2.45, 2.75) is 52.1 Å². The quantitative estimate of drug-likeness (QED) is 0.811. The first-order valence-corrected chi connectivity index (χ1v) is 8.49. The van der Waals surface area contributed by atoms with Gasteiger partial charge in [0.2, 0.25) is 11.8 Å². The van der Waals surface area contributed by atoms with Gasteiger partial charge >= 0.3 is 0 Å². The van der Waals surface area contributed by atoms with Crippen molar-refractivity contribution < 1.29 is 9.59 Å². The summed E-state index contributed by atoms with van der Waals surface area (Å²) in [5.41, 5.74) is 0. The third-order valence-corrected chi connectivity index (χ3v) is 4.57. The monoisotopic (exact) mass is 286 g/mol. The van der Waals surface area contributed by atoms with Gasteiger partial charge in [0.15, 0.2) is 0 Å². The maximum atomic E-state index is 12.6. The fraction of sp³-hybridized carbons (Fsp3) is 0.857. The van der Waals surface area contributed by atoms with Crippen LogP contribution in [0.1, 0.15) is 40.0 Å². The fourth-order valence-corrected chi connectivity index (χ4v) is 2.90. The minimum Gasteiger partial charge on any atom is -0.344 e. The zero-order valence-corrected chi connectivity index (χ0v) is 13.3. The fourth-order valence-electron chi connectivity index (χ4n) is 2.32. The Morgan fingerprint density at radius 3 is 2.68 bits per heavy atom. The summed E-state index contributed by atoms with van der Waals surface area (Å²) < 4.78 is 0. The summed E-state index contributed by atoms with van der Waals surface area (Å²) in [4.78, 5) is 26.2. The van der Waals surface area contributed by atoms with Crippen LogP contribution in [0.5, 0.6) is 0 Å². The van der Waals surface area contributed by atoms with Gasteiger partial charge in [-0.2, -0.15) is 11.8 Å². The Kier molecular flexibility index (Phi) is 6.69. The van der Waals surface area contributed by atoms with Crippen molar-refractivity contribution in [2.75, 3.05) is 18.6 Å². The van der Waals surface area contributed by atoms with Crippen molar-refractivity contribution in [3.63, 3.8) is 0 Å². The van der Waals surface area contributed by atoms with Crippen molar-refractivity contribution in [3.05, 3.63) is 0 Å². The van der Waals surface area contributed by atoms with Crippen molar-refractivity contribution >= 4 is 23.6 Å². The molecule has 1 fully saturated rings. The van der Waals surface area contributed by atoms with Gasteiger partial charge in [-0.25, -0.2) is 0 Å². The highest BCUT2D eigenvalue weighted by Gasteiger charge is 2.34. The Morgan fingerprint density at radius 1 is 1.42 bits per heavy atom. The Bertz CT molecular complexity index is 323. The van der Waals surface area contributed by atoms with Gasteiger partial charge in [0.1, 0.15) is 6.04 Å². The van der Waals surface area contributed by atoms with Gasteiger partial charge in [-0.1, -0.05) is 20.3 Å². The van der Waals surface area contributed by atoms with Gasteiger partial charge in [0, 0.05) is 19.0 Å². The highest BCUT2D eigenvalue weighted by atomic mass is 32.2. The van der Waals surface area contributed by atoms with Crippen LogP contribution in [-0.2, 0) is 9.59 Å². The number of thioether (sulfide) groups is 1. The number of carbonyl (C=O) groups is 2. The van der Waals surface area contributed by atoms with Crippen LogP contribution >= 0.6 is 11.8 Å². The van der Waals surface area contributed by atoms with E-state index >= 15 is 0 Å². The Labute approximate surface area is 120 Å². The van der Waals surface area contributed by atoms with Crippen LogP contribution in [0.25, 0.3) is 0 Å². The van der Waals surface area contributed by atoms with E-state index in [2.05, 4.69) is 25.4 Å². The molecule has 1 aliphatic heterocycles. The highest BCUT2D eigenvalue weighted by Crippen LogP contribution is 2.18. The van der Waals surface area contributed by atoms with Crippen LogP contribution in [-0.4, -0.2) is 47.4 Å². The van der Waals surface area contributed by atoms with E-state index in [-0.39, 0.29) is 29.8 Å². The van der Waals surface area contributed by atoms with Gasteiger partial charge in [-0.15, -0.1) is 0 Å². The predicted octanol–water partition coefficient (Wildman–Crippen LogP) is 1.89. The molecule has 3 unspecified atom stereocenters. The maximum Gasteiger partial charge on any atom is 0.245 e. The van der Waals surface area contributed by atoms with Crippen LogP contribution in [0.3, 0.4) is 0 Å². The normalized spacial score (nSPS) is 23.8.